The van der Waals surface area contributed by atoms with E-state index in [1.807, 2.05) is 48.4 Å². The van der Waals surface area contributed by atoms with Crippen molar-refractivity contribution in [3.8, 4) is 11.8 Å². The van der Waals surface area contributed by atoms with Crippen LogP contribution in [0, 0.1) is 23.7 Å². The molecule has 5 atom stereocenters. The van der Waals surface area contributed by atoms with Crippen molar-refractivity contribution in [3.05, 3.63) is 71.2 Å². The number of hydrogen-bond donors (Lipinski definition) is 3. The number of aromatic amines is 1. The molecule has 11 nitrogen and oxygen atoms in total. The number of benzene rings is 2. The average molecular weight is 679 g/mol. The average Bonchev–Trinajstić information content (AvgIpc) is 3.94. The summed E-state index contributed by atoms with van der Waals surface area (Å²) in [5, 5.41) is 12.7. The lowest BCUT2D eigenvalue weighted by Gasteiger charge is -2.29. The third-order valence-corrected chi connectivity index (χ3v) is 10.2. The predicted molar refractivity (Wildman–Crippen MR) is 192 cm³/mol. The van der Waals surface area contributed by atoms with Crippen LogP contribution in [0.15, 0.2) is 53.7 Å². The molecule has 0 bridgehead atoms. The summed E-state index contributed by atoms with van der Waals surface area (Å²) in [5.74, 6) is 7.35. The molecule has 0 radical (unpaired) electrons. The van der Waals surface area contributed by atoms with E-state index < -0.39 is 18.2 Å². The lowest BCUT2D eigenvalue weighted by atomic mass is 9.94. The molecule has 4 heterocycles. The summed E-state index contributed by atoms with van der Waals surface area (Å²) in [6, 6.07) is 12.6. The van der Waals surface area contributed by atoms with Gasteiger partial charge in [0.05, 0.1) is 36.3 Å². The van der Waals surface area contributed by atoms with Crippen molar-refractivity contribution in [2.75, 3.05) is 20.2 Å². The Morgan fingerprint density at radius 1 is 0.940 bits per heavy atom. The van der Waals surface area contributed by atoms with Crippen LogP contribution in [0.5, 0.6) is 0 Å². The zero-order valence-electron chi connectivity index (χ0n) is 29.4. The Labute approximate surface area is 293 Å². The highest BCUT2D eigenvalue weighted by atomic mass is 16.5. The van der Waals surface area contributed by atoms with Crippen molar-refractivity contribution < 1.29 is 24.2 Å². The molecule has 0 unspecified atom stereocenters. The van der Waals surface area contributed by atoms with Crippen molar-refractivity contribution in [1.82, 2.24) is 25.1 Å². The SMILES string of the molecule is COC(=O)N[C@H](C(=O)N1CCC[C@H]1c1nc2ccc(C#Cc3ccc(C4=CN=C([C@@H]5CCCN5C(=O)[C@@H](C)C(C)C)C4)cc3)cc2[nH]1)[C@H](C)O. The number of H-pyrrole nitrogens is 1. The highest BCUT2D eigenvalue weighted by Gasteiger charge is 2.39. The fourth-order valence-corrected chi connectivity index (χ4v) is 7.00. The number of aliphatic hydroxyl groups excluding tert-OH is 1. The number of aliphatic hydroxyl groups is 1. The van der Waals surface area contributed by atoms with E-state index in [0.29, 0.717) is 24.7 Å². The van der Waals surface area contributed by atoms with Crippen LogP contribution in [-0.2, 0) is 14.3 Å². The lowest BCUT2D eigenvalue weighted by Crippen LogP contribution is -2.53. The van der Waals surface area contributed by atoms with Crippen molar-refractivity contribution in [2.45, 2.75) is 84.0 Å². The number of ether oxygens (including phenoxy) is 1. The number of aromatic nitrogens is 2. The second-order valence-electron chi connectivity index (χ2n) is 13.9. The maximum absolute atomic E-state index is 13.4. The molecule has 2 fully saturated rings. The van der Waals surface area contributed by atoms with Gasteiger partial charge in [-0.1, -0.05) is 44.7 Å². The van der Waals surface area contributed by atoms with Crippen molar-refractivity contribution in [3.63, 3.8) is 0 Å². The molecule has 0 saturated carbocycles. The molecule has 6 rings (SSSR count). The van der Waals surface area contributed by atoms with Gasteiger partial charge < -0.3 is 29.9 Å². The third-order valence-electron chi connectivity index (χ3n) is 10.2. The number of allylic oxidation sites excluding steroid dienone is 1. The number of carbonyl (C=O) groups is 3. The Kier molecular flexibility index (Phi) is 10.4. The number of nitrogens with one attached hydrogen (secondary N) is 2. The highest BCUT2D eigenvalue weighted by Crippen LogP contribution is 2.33. The van der Waals surface area contributed by atoms with Crippen LogP contribution in [0.4, 0.5) is 4.79 Å². The number of alkyl carbamates (subject to hydrolysis) is 1. The molecular formula is C39H46N6O5. The van der Waals surface area contributed by atoms with Gasteiger partial charge in [0.2, 0.25) is 11.8 Å². The molecule has 1 aromatic heterocycles. The molecule has 50 heavy (non-hydrogen) atoms. The fourth-order valence-electron chi connectivity index (χ4n) is 7.00. The quantitative estimate of drug-likeness (QED) is 0.280. The Hall–Kier alpha value is -4.95. The van der Waals surface area contributed by atoms with Crippen LogP contribution >= 0.6 is 0 Å². The molecule has 0 aliphatic carbocycles. The number of carbonyl (C=O) groups excluding carboxylic acids is 3. The highest BCUT2D eigenvalue weighted by molar-refractivity contribution is 6.03. The van der Waals surface area contributed by atoms with E-state index in [1.165, 1.54) is 14.0 Å². The summed E-state index contributed by atoms with van der Waals surface area (Å²) >= 11 is 0. The van der Waals surface area contributed by atoms with Gasteiger partial charge in [0, 0.05) is 48.5 Å². The third kappa shape index (κ3) is 7.31. The standard InChI is InChI=1S/C39H46N6O5/c1-23(2)24(3)37(47)44-18-6-8-33(44)32-21-29(22-40-32)28-15-12-26(13-16-28)10-11-27-14-17-30-31(20-27)42-36(41-30)34-9-7-19-45(34)38(48)35(25(4)46)43-39(49)50-5/h12-17,20,22-25,33-35,46H,6-9,18-19,21H2,1-5H3,(H,41,42)(H,43,49)/t24-,25-,33-,34-,35-/m0/s1. The first-order valence-electron chi connectivity index (χ1n) is 17.5. The Morgan fingerprint density at radius 2 is 1.60 bits per heavy atom. The normalized spacial score (nSPS) is 20.6. The number of aliphatic imine (C=N–C) groups is 1. The Balaban J connectivity index is 1.10. The fraction of sp³-hybridized carbons (Fsp3) is 0.462. The van der Waals surface area contributed by atoms with E-state index in [1.54, 1.807) is 4.90 Å². The van der Waals surface area contributed by atoms with Gasteiger partial charge in [-0.15, -0.1) is 0 Å². The van der Waals surface area contributed by atoms with E-state index in [-0.39, 0.29) is 29.8 Å². The smallest absolute Gasteiger partial charge is 0.407 e. The minimum absolute atomic E-state index is 0.00654. The number of methoxy groups -OCH3 is 1. The van der Waals surface area contributed by atoms with E-state index >= 15 is 0 Å². The molecule has 2 aromatic carbocycles. The number of hydrogen-bond acceptors (Lipinski definition) is 7. The van der Waals surface area contributed by atoms with Crippen molar-refractivity contribution in [1.29, 1.82) is 0 Å². The van der Waals surface area contributed by atoms with Gasteiger partial charge >= 0.3 is 6.09 Å². The van der Waals surface area contributed by atoms with Crippen molar-refractivity contribution in [2.24, 2.45) is 16.8 Å². The van der Waals surface area contributed by atoms with Crippen LogP contribution in [0.25, 0.3) is 16.6 Å². The molecule has 0 spiro atoms. The number of amides is 3. The second kappa shape index (κ2) is 14.9. The first-order valence-corrected chi connectivity index (χ1v) is 17.5. The summed E-state index contributed by atoms with van der Waals surface area (Å²) in [6.07, 6.45) is 4.29. The number of fused-ring (bicyclic) bond motifs is 1. The lowest BCUT2D eigenvalue weighted by molar-refractivity contribution is -0.137. The first-order chi connectivity index (χ1) is 24.0. The van der Waals surface area contributed by atoms with E-state index in [9.17, 15) is 19.5 Å². The molecule has 11 heteroatoms. The zero-order chi connectivity index (χ0) is 35.5. The number of rotatable bonds is 8. The van der Waals surface area contributed by atoms with Gasteiger partial charge in [-0.2, -0.15) is 0 Å². The summed E-state index contributed by atoms with van der Waals surface area (Å²) in [4.78, 5) is 54.9. The molecule has 3 N–H and O–H groups in total. The maximum Gasteiger partial charge on any atom is 0.407 e. The number of imidazole rings is 1. The molecule has 3 aromatic rings. The minimum Gasteiger partial charge on any atom is -0.453 e. The topological polar surface area (TPSA) is 140 Å². The number of nitrogens with zero attached hydrogens (tertiary/aromatic N) is 4. The summed E-state index contributed by atoms with van der Waals surface area (Å²) in [6.45, 7) is 8.99. The van der Waals surface area contributed by atoms with Gasteiger partial charge in [0.1, 0.15) is 11.9 Å². The Morgan fingerprint density at radius 3 is 2.28 bits per heavy atom. The zero-order valence-corrected chi connectivity index (χ0v) is 29.4. The molecule has 2 saturated heterocycles. The Bertz CT molecular complexity index is 1880. The molecule has 3 aliphatic heterocycles. The van der Waals surface area contributed by atoms with Gasteiger partial charge in [0.15, 0.2) is 0 Å². The van der Waals surface area contributed by atoms with Gasteiger partial charge in [-0.05, 0) is 80.0 Å². The molecule has 3 aliphatic rings. The molecular weight excluding hydrogens is 632 g/mol. The van der Waals surface area contributed by atoms with Crippen molar-refractivity contribution >= 4 is 40.2 Å². The molecule has 3 amide bonds. The monoisotopic (exact) mass is 678 g/mol. The van der Waals surface area contributed by atoms with Crippen LogP contribution in [0.3, 0.4) is 0 Å². The van der Waals surface area contributed by atoms with E-state index in [4.69, 9.17) is 9.98 Å². The van der Waals surface area contributed by atoms with E-state index in [0.717, 1.165) is 71.2 Å². The second-order valence-corrected chi connectivity index (χ2v) is 13.9. The minimum atomic E-state index is -1.12. The number of likely N-dealkylation sites (tertiary alicyclic amines) is 2. The summed E-state index contributed by atoms with van der Waals surface area (Å²) in [7, 11) is 1.21. The van der Waals surface area contributed by atoms with Gasteiger partial charge in [-0.25, -0.2) is 9.78 Å². The van der Waals surface area contributed by atoms with Crippen LogP contribution in [0.2, 0.25) is 0 Å². The van der Waals surface area contributed by atoms with Gasteiger partial charge in [0.25, 0.3) is 0 Å². The largest absolute Gasteiger partial charge is 0.453 e. The summed E-state index contributed by atoms with van der Waals surface area (Å²) in [5.41, 5.74) is 6.63. The first kappa shape index (κ1) is 34.9. The predicted octanol–water partition coefficient (Wildman–Crippen LogP) is 5.20. The van der Waals surface area contributed by atoms with Crippen LogP contribution < -0.4 is 5.32 Å². The molecule has 262 valence electrons. The van der Waals surface area contributed by atoms with Gasteiger partial charge in [-0.3, -0.25) is 14.6 Å². The van der Waals surface area contributed by atoms with E-state index in [2.05, 4.69) is 52.9 Å². The maximum atomic E-state index is 13.4. The summed E-state index contributed by atoms with van der Waals surface area (Å²) < 4.78 is 4.64. The van der Waals surface area contributed by atoms with Crippen LogP contribution in [0.1, 0.15) is 88.4 Å². The van der Waals surface area contributed by atoms with Crippen LogP contribution in [-0.4, -0.2) is 86.9 Å².